The second-order valence-corrected chi connectivity index (χ2v) is 6.82. The molecule has 0 saturated carbocycles. The van der Waals surface area contributed by atoms with Crippen molar-refractivity contribution in [2.75, 3.05) is 27.8 Å². The quantitative estimate of drug-likeness (QED) is 0.590. The number of benzene rings is 2. The Balaban J connectivity index is 2.04. The van der Waals surface area contributed by atoms with Crippen molar-refractivity contribution in [1.82, 2.24) is 4.90 Å². The molecule has 1 unspecified atom stereocenters. The number of hydrogen-bond donors (Lipinski definition) is 0. The van der Waals surface area contributed by atoms with Crippen LogP contribution in [0.25, 0.3) is 22.1 Å². The molecule has 3 rings (SSSR count). The molecule has 0 bridgehead atoms. The fraction of sp³-hybridized carbons (Fsp3) is 0.238. The molecule has 1 aromatic heterocycles. The molecule has 1 heterocycles. The summed E-state index contributed by atoms with van der Waals surface area (Å²) in [6.45, 7) is 0.0959. The zero-order valence-electron chi connectivity index (χ0n) is 15.8. The van der Waals surface area contributed by atoms with Gasteiger partial charge in [-0.15, -0.1) is 0 Å². The average Bonchev–Trinajstić information content (AvgIpc) is 2.66. The maximum Gasteiger partial charge on any atom is 0.336 e. The lowest BCUT2D eigenvalue weighted by Gasteiger charge is -2.21. The van der Waals surface area contributed by atoms with Crippen molar-refractivity contribution in [2.45, 2.75) is 6.10 Å². The van der Waals surface area contributed by atoms with E-state index in [2.05, 4.69) is 0 Å². The fourth-order valence-corrected chi connectivity index (χ4v) is 3.12. The van der Waals surface area contributed by atoms with Crippen molar-refractivity contribution in [3.63, 3.8) is 0 Å². The lowest BCUT2D eigenvalue weighted by molar-refractivity contribution is -0.138. The highest BCUT2D eigenvalue weighted by Gasteiger charge is 2.22. The van der Waals surface area contributed by atoms with Gasteiger partial charge in [-0.3, -0.25) is 4.79 Å². The molecule has 0 radical (unpaired) electrons. The first-order valence-electron chi connectivity index (χ1n) is 8.60. The Hall–Kier alpha value is -2.83. The van der Waals surface area contributed by atoms with E-state index in [9.17, 15) is 9.59 Å². The molecule has 0 fully saturated rings. The van der Waals surface area contributed by atoms with Crippen LogP contribution in [0, 0.1) is 0 Å². The number of rotatable bonds is 6. The van der Waals surface area contributed by atoms with Crippen LogP contribution < -0.4 is 10.4 Å². The molecule has 28 heavy (non-hydrogen) atoms. The molecule has 0 aliphatic heterocycles. The average molecular weight is 402 g/mol. The standard InChI is InChI=1S/C21H20ClNO5/c1-23(2)21(25)19(12-26-3)27-13-8-9-15-16(11-20(24)28-18(15)10-13)14-6-4-5-7-17(14)22/h4-11,19H,12H2,1-3H3. The SMILES string of the molecule is COCC(Oc1ccc2c(-c3ccccc3Cl)cc(=O)oc2c1)C(=O)N(C)C. The first-order chi connectivity index (χ1) is 13.4. The molecule has 0 saturated heterocycles. The monoisotopic (exact) mass is 401 g/mol. The third kappa shape index (κ3) is 4.18. The molecular weight excluding hydrogens is 382 g/mol. The van der Waals surface area contributed by atoms with E-state index in [1.807, 2.05) is 18.2 Å². The topological polar surface area (TPSA) is 69.0 Å². The van der Waals surface area contributed by atoms with Gasteiger partial charge in [0.1, 0.15) is 11.3 Å². The Morgan fingerprint density at radius 2 is 1.89 bits per heavy atom. The molecule has 0 aliphatic rings. The van der Waals surface area contributed by atoms with E-state index in [0.29, 0.717) is 27.3 Å². The highest BCUT2D eigenvalue weighted by atomic mass is 35.5. The van der Waals surface area contributed by atoms with Crippen LogP contribution in [0.4, 0.5) is 0 Å². The summed E-state index contributed by atoms with van der Waals surface area (Å²) in [6, 6.07) is 13.8. The zero-order chi connectivity index (χ0) is 20.3. The van der Waals surface area contributed by atoms with E-state index in [-0.39, 0.29) is 12.5 Å². The van der Waals surface area contributed by atoms with Crippen LogP contribution in [0.1, 0.15) is 0 Å². The van der Waals surface area contributed by atoms with Crippen molar-refractivity contribution in [3.05, 3.63) is 64.0 Å². The number of carbonyl (C=O) groups excluding carboxylic acids is 1. The van der Waals surface area contributed by atoms with Crippen molar-refractivity contribution in [2.24, 2.45) is 0 Å². The van der Waals surface area contributed by atoms with Gasteiger partial charge in [-0.1, -0.05) is 29.8 Å². The third-order valence-electron chi connectivity index (χ3n) is 4.19. The molecule has 0 aliphatic carbocycles. The van der Waals surface area contributed by atoms with E-state index in [1.165, 1.54) is 18.1 Å². The van der Waals surface area contributed by atoms with Crippen molar-refractivity contribution >= 4 is 28.5 Å². The molecule has 1 amide bonds. The fourth-order valence-electron chi connectivity index (χ4n) is 2.88. The summed E-state index contributed by atoms with van der Waals surface area (Å²) in [6.07, 6.45) is -0.809. The maximum absolute atomic E-state index is 12.3. The van der Waals surface area contributed by atoms with Crippen LogP contribution in [0.15, 0.2) is 57.7 Å². The number of fused-ring (bicyclic) bond motifs is 1. The van der Waals surface area contributed by atoms with E-state index in [1.54, 1.807) is 38.4 Å². The van der Waals surface area contributed by atoms with Gasteiger partial charge in [-0.05, 0) is 18.2 Å². The summed E-state index contributed by atoms with van der Waals surface area (Å²) in [5, 5.41) is 1.24. The van der Waals surface area contributed by atoms with E-state index < -0.39 is 11.7 Å². The Morgan fingerprint density at radius 1 is 1.14 bits per heavy atom. The lowest BCUT2D eigenvalue weighted by Crippen LogP contribution is -2.40. The van der Waals surface area contributed by atoms with Crippen molar-refractivity contribution in [1.29, 1.82) is 0 Å². The van der Waals surface area contributed by atoms with Gasteiger partial charge in [0.25, 0.3) is 5.91 Å². The van der Waals surface area contributed by atoms with Gasteiger partial charge < -0.3 is 18.8 Å². The minimum Gasteiger partial charge on any atom is -0.478 e. The largest absolute Gasteiger partial charge is 0.478 e. The molecular formula is C21H20ClNO5. The van der Waals surface area contributed by atoms with Gasteiger partial charge in [-0.2, -0.15) is 0 Å². The number of methoxy groups -OCH3 is 1. The van der Waals surface area contributed by atoms with Gasteiger partial charge in [0.2, 0.25) is 0 Å². The van der Waals surface area contributed by atoms with E-state index in [0.717, 1.165) is 5.56 Å². The number of nitrogens with zero attached hydrogens (tertiary/aromatic N) is 1. The number of ether oxygens (including phenoxy) is 2. The predicted molar refractivity (Wildman–Crippen MR) is 108 cm³/mol. The molecule has 2 aromatic carbocycles. The maximum atomic E-state index is 12.3. The highest BCUT2D eigenvalue weighted by Crippen LogP contribution is 2.33. The number of carbonyl (C=O) groups is 1. The van der Waals surface area contributed by atoms with Gasteiger partial charge in [0, 0.05) is 54.9 Å². The van der Waals surface area contributed by atoms with E-state index >= 15 is 0 Å². The van der Waals surface area contributed by atoms with Crippen LogP contribution in [0.3, 0.4) is 0 Å². The normalized spacial score (nSPS) is 12.0. The number of likely N-dealkylation sites (N-methyl/N-ethyl adjacent to an activating group) is 1. The number of amides is 1. The molecule has 3 aromatic rings. The summed E-state index contributed by atoms with van der Waals surface area (Å²) in [5.41, 5.74) is 1.24. The second kappa shape index (κ2) is 8.46. The Kier molecular flexibility index (Phi) is 6.02. The smallest absolute Gasteiger partial charge is 0.336 e. The van der Waals surface area contributed by atoms with Crippen LogP contribution in [-0.2, 0) is 9.53 Å². The first kappa shape index (κ1) is 19.9. The molecule has 6 nitrogen and oxygen atoms in total. The van der Waals surface area contributed by atoms with Crippen LogP contribution >= 0.6 is 11.6 Å². The number of hydrogen-bond acceptors (Lipinski definition) is 5. The van der Waals surface area contributed by atoms with Crippen LogP contribution in [0.5, 0.6) is 5.75 Å². The van der Waals surface area contributed by atoms with Crippen molar-refractivity contribution < 1.29 is 18.7 Å². The predicted octanol–water partition coefficient (Wildman–Crippen LogP) is 3.60. The third-order valence-corrected chi connectivity index (χ3v) is 4.52. The molecule has 0 N–H and O–H groups in total. The van der Waals surface area contributed by atoms with E-state index in [4.69, 9.17) is 25.5 Å². The summed E-state index contributed by atoms with van der Waals surface area (Å²) >= 11 is 6.30. The number of halogens is 1. The summed E-state index contributed by atoms with van der Waals surface area (Å²) in [7, 11) is 4.78. The lowest BCUT2D eigenvalue weighted by atomic mass is 10.0. The summed E-state index contributed by atoms with van der Waals surface area (Å²) in [4.78, 5) is 25.8. The van der Waals surface area contributed by atoms with Crippen molar-refractivity contribution in [3.8, 4) is 16.9 Å². The Morgan fingerprint density at radius 3 is 2.57 bits per heavy atom. The minimum atomic E-state index is -0.809. The van der Waals surface area contributed by atoms with Gasteiger partial charge in [0.05, 0.1) is 6.61 Å². The Bertz CT molecular complexity index is 1060. The van der Waals surface area contributed by atoms with Gasteiger partial charge in [0.15, 0.2) is 6.10 Å². The summed E-state index contributed by atoms with van der Waals surface area (Å²) in [5.74, 6) is 0.164. The van der Waals surface area contributed by atoms with Gasteiger partial charge in [-0.25, -0.2) is 4.79 Å². The van der Waals surface area contributed by atoms with Gasteiger partial charge >= 0.3 is 5.63 Å². The van der Waals surface area contributed by atoms with Crippen LogP contribution in [0.2, 0.25) is 5.02 Å². The molecule has 1 atom stereocenters. The first-order valence-corrected chi connectivity index (χ1v) is 8.98. The second-order valence-electron chi connectivity index (χ2n) is 6.41. The zero-order valence-corrected chi connectivity index (χ0v) is 16.5. The minimum absolute atomic E-state index is 0.0959. The highest BCUT2D eigenvalue weighted by molar-refractivity contribution is 6.33. The Labute approximate surface area is 167 Å². The molecule has 7 heteroatoms. The van der Waals surface area contributed by atoms with Crippen LogP contribution in [-0.4, -0.2) is 44.7 Å². The molecule has 146 valence electrons. The molecule has 0 spiro atoms. The summed E-state index contributed by atoms with van der Waals surface area (Å²) < 4.78 is 16.2.